The zero-order valence-corrected chi connectivity index (χ0v) is 19.9. The smallest absolute Gasteiger partial charge is 0.408 e. The summed E-state index contributed by atoms with van der Waals surface area (Å²) in [6.07, 6.45) is 10.2. The second-order valence-electron chi connectivity index (χ2n) is 9.88. The molecule has 4 heterocycles. The number of aromatic nitrogens is 6. The number of amides is 1. The van der Waals surface area contributed by atoms with Gasteiger partial charge in [0.2, 0.25) is 17.6 Å². The first kappa shape index (κ1) is 21.9. The Kier molecular flexibility index (Phi) is 5.07. The maximum atomic E-state index is 12.1. The number of imidazole rings is 1. The third-order valence-electron chi connectivity index (χ3n) is 5.76. The lowest BCUT2D eigenvalue weighted by Crippen LogP contribution is -2.60. The average molecular weight is 465 g/mol. The largest absolute Gasteiger partial charge is 0.479 e. The number of fused-ring (bicyclic) bond motifs is 2. The Balaban J connectivity index is 1.32. The van der Waals surface area contributed by atoms with Crippen molar-refractivity contribution in [2.24, 2.45) is 0 Å². The number of nitrogens with zero attached hydrogens (tertiary/aromatic N) is 6. The van der Waals surface area contributed by atoms with Crippen LogP contribution in [0.1, 0.15) is 40.5 Å². The van der Waals surface area contributed by atoms with Gasteiger partial charge in [-0.3, -0.25) is 4.40 Å². The molecule has 2 N–H and O–H groups in total. The number of carbonyl (C=O) groups excluding carboxylic acids is 1. The number of alkyl carbamates (subject to hydrolysis) is 1. The molecule has 0 aromatic carbocycles. The highest BCUT2D eigenvalue weighted by atomic mass is 16.6. The molecule has 0 unspecified atom stereocenters. The molecule has 4 aromatic heterocycles. The second kappa shape index (κ2) is 7.86. The molecule has 11 heteroatoms. The summed E-state index contributed by atoms with van der Waals surface area (Å²) in [5, 5.41) is 10.9. The Morgan fingerprint density at radius 3 is 2.76 bits per heavy atom. The molecule has 0 radical (unpaired) electrons. The number of methoxy groups -OCH3 is 1. The molecule has 0 bridgehead atoms. The topological polar surface area (TPSA) is 120 Å². The van der Waals surface area contributed by atoms with Crippen molar-refractivity contribution in [3.63, 3.8) is 0 Å². The molecule has 11 nitrogen and oxygen atoms in total. The van der Waals surface area contributed by atoms with Crippen molar-refractivity contribution in [2.75, 3.05) is 12.4 Å². The fourth-order valence-corrected chi connectivity index (χ4v) is 4.35. The predicted molar refractivity (Wildman–Crippen MR) is 126 cm³/mol. The summed E-state index contributed by atoms with van der Waals surface area (Å²) in [5.74, 6) is 1.55. The molecule has 5 rings (SSSR count). The van der Waals surface area contributed by atoms with Gasteiger partial charge in [0.15, 0.2) is 0 Å². The SMILES string of the molecule is COc1nc(NC2CC(C)(NC(=O)OC(C)(C)C)C2)nn2ccc(-c3cnc4nccn4c3)c12. The van der Waals surface area contributed by atoms with Gasteiger partial charge in [-0.1, -0.05) is 0 Å². The summed E-state index contributed by atoms with van der Waals surface area (Å²) in [7, 11) is 1.59. The van der Waals surface area contributed by atoms with E-state index in [2.05, 4.69) is 30.7 Å². The van der Waals surface area contributed by atoms with E-state index >= 15 is 0 Å². The van der Waals surface area contributed by atoms with Gasteiger partial charge in [0.1, 0.15) is 11.1 Å². The van der Waals surface area contributed by atoms with Crippen molar-refractivity contribution in [2.45, 2.75) is 57.7 Å². The maximum Gasteiger partial charge on any atom is 0.408 e. The Morgan fingerprint density at radius 1 is 1.24 bits per heavy atom. The number of ether oxygens (including phenoxy) is 2. The van der Waals surface area contributed by atoms with Crippen molar-refractivity contribution >= 4 is 23.3 Å². The zero-order valence-electron chi connectivity index (χ0n) is 19.9. The molecule has 1 fully saturated rings. The molecule has 0 aliphatic heterocycles. The Labute approximate surface area is 196 Å². The van der Waals surface area contributed by atoms with Crippen LogP contribution in [0.5, 0.6) is 5.88 Å². The van der Waals surface area contributed by atoms with Crippen LogP contribution >= 0.6 is 0 Å². The van der Waals surface area contributed by atoms with Gasteiger partial charge >= 0.3 is 6.09 Å². The van der Waals surface area contributed by atoms with Gasteiger partial charge in [0, 0.05) is 53.7 Å². The Hall–Kier alpha value is -3.89. The predicted octanol–water partition coefficient (Wildman–Crippen LogP) is 3.31. The van der Waals surface area contributed by atoms with Crippen molar-refractivity contribution in [3.05, 3.63) is 37.1 Å². The Morgan fingerprint density at radius 2 is 2.03 bits per heavy atom. The van der Waals surface area contributed by atoms with Crippen molar-refractivity contribution in [1.82, 2.24) is 34.3 Å². The summed E-state index contributed by atoms with van der Waals surface area (Å²) < 4.78 is 14.6. The van der Waals surface area contributed by atoms with Gasteiger partial charge in [-0.05, 0) is 46.6 Å². The van der Waals surface area contributed by atoms with E-state index in [4.69, 9.17) is 9.47 Å². The van der Waals surface area contributed by atoms with E-state index < -0.39 is 11.7 Å². The van der Waals surface area contributed by atoms with Gasteiger partial charge in [-0.25, -0.2) is 19.3 Å². The number of carbonyl (C=O) groups is 1. The number of hydrogen-bond acceptors (Lipinski definition) is 8. The molecule has 4 aromatic rings. The maximum absolute atomic E-state index is 12.1. The first-order valence-corrected chi connectivity index (χ1v) is 11.1. The molecule has 1 aliphatic carbocycles. The van der Waals surface area contributed by atoms with Crippen LogP contribution in [-0.4, -0.2) is 59.4 Å². The van der Waals surface area contributed by atoms with Crippen LogP contribution in [0.4, 0.5) is 10.7 Å². The molecule has 0 spiro atoms. The summed E-state index contributed by atoms with van der Waals surface area (Å²) >= 11 is 0. The first-order valence-electron chi connectivity index (χ1n) is 11.1. The van der Waals surface area contributed by atoms with Crippen molar-refractivity contribution in [1.29, 1.82) is 0 Å². The van der Waals surface area contributed by atoms with Crippen LogP contribution in [0.3, 0.4) is 0 Å². The van der Waals surface area contributed by atoms with E-state index in [0.29, 0.717) is 17.6 Å². The fourth-order valence-electron chi connectivity index (χ4n) is 4.35. The van der Waals surface area contributed by atoms with Crippen molar-refractivity contribution in [3.8, 4) is 17.0 Å². The molecule has 1 aliphatic rings. The molecule has 0 saturated heterocycles. The second-order valence-corrected chi connectivity index (χ2v) is 9.88. The van der Waals surface area contributed by atoms with Gasteiger partial charge in [-0.2, -0.15) is 4.98 Å². The van der Waals surface area contributed by atoms with Gasteiger partial charge in [0.25, 0.3) is 0 Å². The minimum absolute atomic E-state index is 0.116. The highest BCUT2D eigenvalue weighted by molar-refractivity contribution is 5.84. The summed E-state index contributed by atoms with van der Waals surface area (Å²) in [6.45, 7) is 7.55. The molecule has 0 atom stereocenters. The molecule has 34 heavy (non-hydrogen) atoms. The van der Waals surface area contributed by atoms with Crippen LogP contribution in [0.25, 0.3) is 22.4 Å². The van der Waals surface area contributed by atoms with E-state index in [0.717, 1.165) is 29.5 Å². The van der Waals surface area contributed by atoms with Crippen LogP contribution in [0.2, 0.25) is 0 Å². The van der Waals surface area contributed by atoms with Crippen LogP contribution in [0.15, 0.2) is 37.1 Å². The molecule has 1 saturated carbocycles. The van der Waals surface area contributed by atoms with E-state index in [1.54, 1.807) is 24.0 Å². The number of rotatable bonds is 5. The highest BCUT2D eigenvalue weighted by Gasteiger charge is 2.42. The van der Waals surface area contributed by atoms with Gasteiger partial charge in [0.05, 0.1) is 7.11 Å². The summed E-state index contributed by atoms with van der Waals surface area (Å²) in [4.78, 5) is 25.3. The van der Waals surface area contributed by atoms with Crippen LogP contribution < -0.4 is 15.4 Å². The standard InChI is InChI=1S/C23H28N8O3/c1-22(2,3)34-21(32)28-23(4)10-15(11-23)26-19-27-18(33-5)17-16(6-8-31(17)29-19)14-12-25-20-24-7-9-30(20)13-14/h6-9,12-13,15H,10-11H2,1-5H3,(H,26,29)(H,28,32). The summed E-state index contributed by atoms with van der Waals surface area (Å²) in [6, 6.07) is 2.08. The minimum atomic E-state index is -0.530. The van der Waals surface area contributed by atoms with Crippen LogP contribution in [-0.2, 0) is 4.74 Å². The third-order valence-corrected chi connectivity index (χ3v) is 5.76. The third kappa shape index (κ3) is 4.20. The number of hydrogen-bond donors (Lipinski definition) is 2. The Bertz CT molecular complexity index is 1360. The first-order chi connectivity index (χ1) is 16.1. The minimum Gasteiger partial charge on any atom is -0.479 e. The molecular weight excluding hydrogens is 436 g/mol. The molecule has 178 valence electrons. The van der Waals surface area contributed by atoms with E-state index in [1.807, 2.05) is 56.8 Å². The number of anilines is 1. The lowest BCUT2D eigenvalue weighted by Gasteiger charge is -2.45. The normalized spacial score (nSPS) is 20.2. The summed E-state index contributed by atoms with van der Waals surface area (Å²) in [5.41, 5.74) is 1.69. The molecule has 1 amide bonds. The lowest BCUT2D eigenvalue weighted by atomic mass is 9.74. The molecular formula is C23H28N8O3. The number of nitrogens with one attached hydrogen (secondary N) is 2. The quantitative estimate of drug-likeness (QED) is 0.462. The van der Waals surface area contributed by atoms with Gasteiger partial charge in [-0.15, -0.1) is 5.10 Å². The fraction of sp³-hybridized carbons (Fsp3) is 0.435. The van der Waals surface area contributed by atoms with E-state index in [-0.39, 0.29) is 11.6 Å². The van der Waals surface area contributed by atoms with E-state index in [9.17, 15) is 4.79 Å². The monoisotopic (exact) mass is 464 g/mol. The highest BCUT2D eigenvalue weighted by Crippen LogP contribution is 2.35. The van der Waals surface area contributed by atoms with E-state index in [1.165, 1.54) is 0 Å². The van der Waals surface area contributed by atoms with Gasteiger partial charge < -0.3 is 20.1 Å². The average Bonchev–Trinajstić information content (AvgIpc) is 3.36. The van der Waals surface area contributed by atoms with Crippen molar-refractivity contribution < 1.29 is 14.3 Å². The zero-order chi connectivity index (χ0) is 24.1. The lowest BCUT2D eigenvalue weighted by molar-refractivity contribution is 0.0393. The van der Waals surface area contributed by atoms with Crippen LogP contribution in [0, 0.1) is 0 Å².